The fourth-order valence-corrected chi connectivity index (χ4v) is 6.84. The number of hydrogen-bond acceptors (Lipinski definition) is 4. The Hall–Kier alpha value is -2.67. The van der Waals surface area contributed by atoms with E-state index in [0.717, 1.165) is 74.6 Å². The number of benzene rings is 1. The second kappa shape index (κ2) is 9.17. The fraction of sp³-hybridized carbons (Fsp3) is 0.519. The van der Waals surface area contributed by atoms with Crippen molar-refractivity contribution in [3.05, 3.63) is 60.6 Å². The van der Waals surface area contributed by atoms with Crippen LogP contribution in [0.4, 0.5) is 0 Å². The highest BCUT2D eigenvalue weighted by Crippen LogP contribution is 2.34. The van der Waals surface area contributed by atoms with Gasteiger partial charge in [0.2, 0.25) is 5.91 Å². The van der Waals surface area contributed by atoms with Crippen LogP contribution in [0.15, 0.2) is 27.8 Å². The lowest BCUT2D eigenvalue weighted by Crippen LogP contribution is -2.46. The molecular weight excluding hydrogens is 446 g/mol. The van der Waals surface area contributed by atoms with E-state index < -0.39 is 5.69 Å². The number of aryl methyl sites for hydroxylation is 4. The maximum atomic E-state index is 13.8. The van der Waals surface area contributed by atoms with Gasteiger partial charge in [-0.15, -0.1) is 11.3 Å². The number of hydrogen-bond donors (Lipinski definition) is 0. The van der Waals surface area contributed by atoms with Crippen molar-refractivity contribution in [2.45, 2.75) is 84.7 Å². The van der Waals surface area contributed by atoms with Crippen LogP contribution in [0.1, 0.15) is 67.0 Å². The van der Waals surface area contributed by atoms with Crippen LogP contribution < -0.4 is 11.2 Å². The molecular formula is C27H33N3O3S. The average molecular weight is 480 g/mol. The van der Waals surface area contributed by atoms with E-state index in [9.17, 15) is 14.4 Å². The molecule has 3 heterocycles. The van der Waals surface area contributed by atoms with Crippen LogP contribution in [0, 0.1) is 13.8 Å². The topological polar surface area (TPSA) is 64.3 Å². The normalized spacial score (nSPS) is 18.7. The summed E-state index contributed by atoms with van der Waals surface area (Å²) in [7, 11) is 0. The van der Waals surface area contributed by atoms with Crippen molar-refractivity contribution in [3.63, 3.8) is 0 Å². The van der Waals surface area contributed by atoms with E-state index in [0.29, 0.717) is 15.9 Å². The number of rotatable bonds is 3. The summed E-state index contributed by atoms with van der Waals surface area (Å²) >= 11 is 1.55. The zero-order valence-corrected chi connectivity index (χ0v) is 21.2. The summed E-state index contributed by atoms with van der Waals surface area (Å²) in [6, 6.07) is 5.85. The maximum absolute atomic E-state index is 13.8. The number of thiophene rings is 1. The zero-order chi connectivity index (χ0) is 24.0. The predicted octanol–water partition coefficient (Wildman–Crippen LogP) is 4.50. The molecule has 0 radical (unpaired) electrons. The highest BCUT2D eigenvalue weighted by molar-refractivity contribution is 7.18. The Morgan fingerprint density at radius 2 is 1.82 bits per heavy atom. The van der Waals surface area contributed by atoms with Crippen LogP contribution in [0.2, 0.25) is 0 Å². The summed E-state index contributed by atoms with van der Waals surface area (Å²) in [5, 5.41) is 0.638. The number of piperidine rings is 1. The predicted molar refractivity (Wildman–Crippen MR) is 137 cm³/mol. The van der Waals surface area contributed by atoms with E-state index in [1.54, 1.807) is 15.9 Å². The SMILES string of the molecule is Cc1ccc(-n2c(=O)c3c4c(sc3n(CC(=O)N3CCCCC3C)c2=O)CCCCC4)cc1C. The van der Waals surface area contributed by atoms with Crippen molar-refractivity contribution in [1.82, 2.24) is 14.0 Å². The highest BCUT2D eigenvalue weighted by Gasteiger charge is 2.28. The van der Waals surface area contributed by atoms with Gasteiger partial charge in [-0.25, -0.2) is 9.36 Å². The first-order valence-electron chi connectivity index (χ1n) is 12.5. The minimum atomic E-state index is -0.421. The van der Waals surface area contributed by atoms with E-state index in [4.69, 9.17) is 0 Å². The molecule has 2 aromatic heterocycles. The molecule has 1 unspecified atom stereocenters. The molecule has 2 aliphatic rings. The van der Waals surface area contributed by atoms with Crippen LogP contribution in [0.5, 0.6) is 0 Å². The van der Waals surface area contributed by atoms with Gasteiger partial charge in [0, 0.05) is 17.5 Å². The molecule has 0 bridgehead atoms. The monoisotopic (exact) mass is 479 g/mol. The molecule has 34 heavy (non-hydrogen) atoms. The summed E-state index contributed by atoms with van der Waals surface area (Å²) in [5.41, 5.74) is 3.12. The quantitative estimate of drug-likeness (QED) is 0.520. The second-order valence-electron chi connectivity index (χ2n) is 9.95. The molecule has 7 heteroatoms. The van der Waals surface area contributed by atoms with Gasteiger partial charge in [0.25, 0.3) is 5.56 Å². The first-order valence-corrected chi connectivity index (χ1v) is 13.4. The summed E-state index contributed by atoms with van der Waals surface area (Å²) in [5.74, 6) is -0.0375. The maximum Gasteiger partial charge on any atom is 0.337 e. The third-order valence-corrected chi connectivity index (χ3v) is 8.97. The second-order valence-corrected chi connectivity index (χ2v) is 11.0. The molecule has 0 spiro atoms. The van der Waals surface area contributed by atoms with Gasteiger partial charge < -0.3 is 4.90 Å². The number of carbonyl (C=O) groups is 1. The van der Waals surface area contributed by atoms with Gasteiger partial charge in [0.1, 0.15) is 11.4 Å². The van der Waals surface area contributed by atoms with Crippen molar-refractivity contribution in [1.29, 1.82) is 0 Å². The molecule has 5 rings (SSSR count). The summed E-state index contributed by atoms with van der Waals surface area (Å²) < 4.78 is 2.87. The molecule has 0 N–H and O–H groups in total. The fourth-order valence-electron chi connectivity index (χ4n) is 5.47. The van der Waals surface area contributed by atoms with Gasteiger partial charge in [-0.3, -0.25) is 14.2 Å². The van der Waals surface area contributed by atoms with Gasteiger partial charge in [0.15, 0.2) is 0 Å². The number of carbonyl (C=O) groups excluding carboxylic acids is 1. The van der Waals surface area contributed by atoms with Crippen molar-refractivity contribution < 1.29 is 4.79 Å². The van der Waals surface area contributed by atoms with Crippen LogP contribution in [-0.2, 0) is 24.2 Å². The molecule has 1 saturated heterocycles. The lowest BCUT2D eigenvalue weighted by molar-refractivity contribution is -0.135. The van der Waals surface area contributed by atoms with Crippen molar-refractivity contribution >= 4 is 27.5 Å². The van der Waals surface area contributed by atoms with Crippen LogP contribution in [0.25, 0.3) is 15.9 Å². The molecule has 1 aliphatic heterocycles. The van der Waals surface area contributed by atoms with Gasteiger partial charge in [-0.05, 0) is 94.5 Å². The molecule has 3 aromatic rings. The Morgan fingerprint density at radius 3 is 2.59 bits per heavy atom. The average Bonchev–Trinajstić information content (AvgIpc) is 3.02. The summed E-state index contributed by atoms with van der Waals surface area (Å²) in [4.78, 5) is 44.9. The van der Waals surface area contributed by atoms with E-state index in [1.807, 2.05) is 36.9 Å². The molecule has 1 fully saturated rings. The van der Waals surface area contributed by atoms with Crippen molar-refractivity contribution in [2.75, 3.05) is 6.54 Å². The minimum absolute atomic E-state index is 0.0236. The Kier molecular flexibility index (Phi) is 6.23. The van der Waals surface area contributed by atoms with E-state index >= 15 is 0 Å². The Morgan fingerprint density at radius 1 is 1.03 bits per heavy atom. The molecule has 1 amide bonds. The summed E-state index contributed by atoms with van der Waals surface area (Å²) in [6.07, 6.45) is 8.20. The van der Waals surface area contributed by atoms with E-state index in [-0.39, 0.29) is 24.1 Å². The third-order valence-electron chi connectivity index (χ3n) is 7.65. The van der Waals surface area contributed by atoms with Gasteiger partial charge >= 0.3 is 5.69 Å². The molecule has 1 atom stereocenters. The standard InChI is InChI=1S/C27H33N3O3S/c1-17-12-13-20(15-18(17)2)30-25(32)24-21-10-5-4-6-11-22(21)34-26(24)29(27(30)33)16-23(31)28-14-8-7-9-19(28)3/h12-13,15,19H,4-11,14,16H2,1-3H3. The first-order chi connectivity index (χ1) is 16.4. The van der Waals surface area contributed by atoms with Crippen LogP contribution in [-0.4, -0.2) is 32.5 Å². The number of aromatic nitrogens is 2. The highest BCUT2D eigenvalue weighted by atomic mass is 32.1. The molecule has 180 valence electrons. The molecule has 0 saturated carbocycles. The Labute approximate surface area is 203 Å². The molecule has 1 aliphatic carbocycles. The van der Waals surface area contributed by atoms with Gasteiger partial charge in [-0.2, -0.15) is 0 Å². The smallest absolute Gasteiger partial charge is 0.337 e. The van der Waals surface area contributed by atoms with Crippen LogP contribution >= 0.6 is 11.3 Å². The summed E-state index contributed by atoms with van der Waals surface area (Å²) in [6.45, 7) is 6.79. The minimum Gasteiger partial charge on any atom is -0.338 e. The number of amides is 1. The number of likely N-dealkylation sites (tertiary alicyclic amines) is 1. The van der Waals surface area contributed by atoms with Gasteiger partial charge in [-0.1, -0.05) is 12.5 Å². The first kappa shape index (κ1) is 23.1. The molecule has 1 aromatic carbocycles. The Bertz CT molecular complexity index is 1380. The largest absolute Gasteiger partial charge is 0.338 e. The van der Waals surface area contributed by atoms with E-state index in [1.165, 1.54) is 9.44 Å². The zero-order valence-electron chi connectivity index (χ0n) is 20.4. The number of fused-ring (bicyclic) bond motifs is 3. The lowest BCUT2D eigenvalue weighted by atomic mass is 10.0. The number of nitrogens with zero attached hydrogens (tertiary/aromatic N) is 3. The van der Waals surface area contributed by atoms with Gasteiger partial charge in [0.05, 0.1) is 11.1 Å². The lowest BCUT2D eigenvalue weighted by Gasteiger charge is -2.33. The van der Waals surface area contributed by atoms with Crippen molar-refractivity contribution in [2.24, 2.45) is 0 Å². The molecule has 6 nitrogen and oxygen atoms in total. The van der Waals surface area contributed by atoms with Crippen molar-refractivity contribution in [3.8, 4) is 5.69 Å². The Balaban J connectivity index is 1.73. The third kappa shape index (κ3) is 3.94. The van der Waals surface area contributed by atoms with E-state index in [2.05, 4.69) is 6.92 Å². The van der Waals surface area contributed by atoms with Crippen LogP contribution in [0.3, 0.4) is 0 Å².